The molecule has 2 nitrogen and oxygen atoms in total. The summed E-state index contributed by atoms with van der Waals surface area (Å²) in [5.41, 5.74) is 1.34. The van der Waals surface area contributed by atoms with Crippen LogP contribution in [0.15, 0.2) is 24.3 Å². The van der Waals surface area contributed by atoms with Crippen LogP contribution >= 0.6 is 0 Å². The summed E-state index contributed by atoms with van der Waals surface area (Å²) in [5, 5.41) is 3.84. The van der Waals surface area contributed by atoms with E-state index in [1.54, 1.807) is 7.11 Å². The highest BCUT2D eigenvalue weighted by Gasteiger charge is 2.53. The molecule has 5 atom stereocenters. The standard InChI is InChI=1S/C18H25NO/c1-20-14-5-2-4-12(8-14)11-19-18-10-13-9-17(18)16-7-3-6-15(13)16/h2,4-5,8,13,15-19H,3,6-7,9-11H2,1H3/t13-,15+,16+,17-,18?/m0/s1. The van der Waals surface area contributed by atoms with Crippen LogP contribution in [0.4, 0.5) is 0 Å². The molecule has 0 heterocycles. The Morgan fingerprint density at radius 2 is 2.05 bits per heavy atom. The van der Waals surface area contributed by atoms with Gasteiger partial charge in [0.1, 0.15) is 5.75 Å². The Kier molecular flexibility index (Phi) is 3.22. The largest absolute Gasteiger partial charge is 0.497 e. The van der Waals surface area contributed by atoms with Crippen LogP contribution < -0.4 is 10.1 Å². The number of hydrogen-bond donors (Lipinski definition) is 1. The predicted molar refractivity (Wildman–Crippen MR) is 80.7 cm³/mol. The van der Waals surface area contributed by atoms with Gasteiger partial charge in [0.2, 0.25) is 0 Å². The number of rotatable bonds is 4. The Labute approximate surface area is 121 Å². The van der Waals surface area contributed by atoms with E-state index in [4.69, 9.17) is 4.74 Å². The van der Waals surface area contributed by atoms with E-state index in [1.807, 2.05) is 6.07 Å². The number of ether oxygens (including phenoxy) is 1. The summed E-state index contributed by atoms with van der Waals surface area (Å²) < 4.78 is 5.31. The number of fused-ring (bicyclic) bond motifs is 5. The molecule has 3 saturated carbocycles. The minimum Gasteiger partial charge on any atom is -0.497 e. The Bertz CT molecular complexity index is 486. The maximum Gasteiger partial charge on any atom is 0.119 e. The van der Waals surface area contributed by atoms with Crippen LogP contribution in [0.3, 0.4) is 0 Å². The zero-order valence-electron chi connectivity index (χ0n) is 12.3. The molecule has 20 heavy (non-hydrogen) atoms. The average molecular weight is 271 g/mol. The molecular formula is C18H25NO. The van der Waals surface area contributed by atoms with Crippen LogP contribution in [0.5, 0.6) is 5.75 Å². The first-order valence-corrected chi connectivity index (χ1v) is 8.21. The van der Waals surface area contributed by atoms with Crippen molar-refractivity contribution in [1.29, 1.82) is 0 Å². The van der Waals surface area contributed by atoms with Crippen molar-refractivity contribution < 1.29 is 4.74 Å². The Morgan fingerprint density at radius 1 is 1.15 bits per heavy atom. The molecule has 1 aromatic carbocycles. The van der Waals surface area contributed by atoms with Crippen LogP contribution in [0.2, 0.25) is 0 Å². The molecule has 108 valence electrons. The normalized spacial score (nSPS) is 38.1. The Balaban J connectivity index is 1.38. The van der Waals surface area contributed by atoms with E-state index < -0.39 is 0 Å². The van der Waals surface area contributed by atoms with Crippen molar-refractivity contribution in [3.63, 3.8) is 0 Å². The molecule has 3 aliphatic carbocycles. The highest BCUT2D eigenvalue weighted by molar-refractivity contribution is 5.28. The molecule has 3 aliphatic rings. The maximum absolute atomic E-state index is 5.31. The van der Waals surface area contributed by atoms with Crippen LogP contribution in [0, 0.1) is 23.7 Å². The molecular weight excluding hydrogens is 246 g/mol. The fourth-order valence-corrected chi connectivity index (χ4v) is 5.33. The molecule has 4 rings (SSSR count). The summed E-state index contributed by atoms with van der Waals surface area (Å²) in [6.07, 6.45) is 7.45. The van der Waals surface area contributed by atoms with Crippen molar-refractivity contribution in [3.8, 4) is 5.75 Å². The van der Waals surface area contributed by atoms with Gasteiger partial charge in [-0.05, 0) is 67.1 Å². The third-order valence-corrected chi connectivity index (χ3v) is 6.13. The first-order valence-electron chi connectivity index (χ1n) is 8.21. The molecule has 1 unspecified atom stereocenters. The van der Waals surface area contributed by atoms with Gasteiger partial charge >= 0.3 is 0 Å². The predicted octanol–water partition coefficient (Wildman–Crippen LogP) is 3.61. The van der Waals surface area contributed by atoms with Crippen molar-refractivity contribution in [2.24, 2.45) is 23.7 Å². The number of hydrogen-bond acceptors (Lipinski definition) is 2. The van der Waals surface area contributed by atoms with Gasteiger partial charge in [-0.25, -0.2) is 0 Å². The summed E-state index contributed by atoms with van der Waals surface area (Å²) in [6.45, 7) is 0.989. The van der Waals surface area contributed by atoms with Gasteiger partial charge in [-0.1, -0.05) is 18.6 Å². The summed E-state index contributed by atoms with van der Waals surface area (Å²) >= 11 is 0. The molecule has 0 aromatic heterocycles. The molecule has 0 saturated heterocycles. The molecule has 0 amide bonds. The zero-order chi connectivity index (χ0) is 13.5. The van der Waals surface area contributed by atoms with Crippen LogP contribution in [-0.2, 0) is 6.54 Å². The fraction of sp³-hybridized carbons (Fsp3) is 0.667. The van der Waals surface area contributed by atoms with Gasteiger partial charge in [-0.2, -0.15) is 0 Å². The van der Waals surface area contributed by atoms with Gasteiger partial charge < -0.3 is 10.1 Å². The van der Waals surface area contributed by atoms with Crippen molar-refractivity contribution >= 4 is 0 Å². The monoisotopic (exact) mass is 271 g/mol. The molecule has 0 spiro atoms. The van der Waals surface area contributed by atoms with Crippen LogP contribution in [-0.4, -0.2) is 13.2 Å². The number of benzene rings is 1. The number of nitrogens with one attached hydrogen (secondary N) is 1. The maximum atomic E-state index is 5.31. The highest BCUT2D eigenvalue weighted by atomic mass is 16.5. The SMILES string of the molecule is COc1cccc(CNC2C[C@@H]3C[C@H]2[C@@H]2CCC[C@H]32)c1. The van der Waals surface area contributed by atoms with E-state index in [0.29, 0.717) is 0 Å². The second-order valence-corrected chi connectivity index (χ2v) is 6.99. The Morgan fingerprint density at radius 3 is 2.95 bits per heavy atom. The summed E-state index contributed by atoms with van der Waals surface area (Å²) in [5.74, 6) is 5.12. The van der Waals surface area contributed by atoms with Crippen LogP contribution in [0.25, 0.3) is 0 Å². The van der Waals surface area contributed by atoms with E-state index >= 15 is 0 Å². The topological polar surface area (TPSA) is 21.3 Å². The smallest absolute Gasteiger partial charge is 0.119 e. The van der Waals surface area contributed by atoms with E-state index in [9.17, 15) is 0 Å². The van der Waals surface area contributed by atoms with Gasteiger partial charge in [0, 0.05) is 12.6 Å². The molecule has 1 N–H and O–H groups in total. The molecule has 2 bridgehead atoms. The Hall–Kier alpha value is -1.02. The highest BCUT2D eigenvalue weighted by Crippen LogP contribution is 2.58. The van der Waals surface area contributed by atoms with Crippen molar-refractivity contribution in [2.75, 3.05) is 7.11 Å². The molecule has 1 aromatic rings. The zero-order valence-corrected chi connectivity index (χ0v) is 12.3. The van der Waals surface area contributed by atoms with Crippen molar-refractivity contribution in [2.45, 2.75) is 44.7 Å². The third kappa shape index (κ3) is 2.05. The van der Waals surface area contributed by atoms with Gasteiger partial charge in [0.15, 0.2) is 0 Å². The summed E-state index contributed by atoms with van der Waals surface area (Å²) in [6, 6.07) is 9.22. The first kappa shape index (κ1) is 12.7. The van der Waals surface area contributed by atoms with E-state index in [-0.39, 0.29) is 0 Å². The minimum absolute atomic E-state index is 0.769. The second-order valence-electron chi connectivity index (χ2n) is 6.99. The van der Waals surface area contributed by atoms with E-state index in [2.05, 4.69) is 23.5 Å². The minimum atomic E-state index is 0.769. The fourth-order valence-electron chi connectivity index (χ4n) is 5.33. The molecule has 0 radical (unpaired) electrons. The lowest BCUT2D eigenvalue weighted by molar-refractivity contribution is 0.208. The van der Waals surface area contributed by atoms with Crippen molar-refractivity contribution in [3.05, 3.63) is 29.8 Å². The molecule has 0 aliphatic heterocycles. The van der Waals surface area contributed by atoms with Gasteiger partial charge in [0.05, 0.1) is 7.11 Å². The lowest BCUT2D eigenvalue weighted by atomic mass is 9.79. The van der Waals surface area contributed by atoms with Crippen LogP contribution in [0.1, 0.15) is 37.7 Å². The van der Waals surface area contributed by atoms with E-state index in [1.165, 1.54) is 37.7 Å². The second kappa shape index (κ2) is 5.07. The molecule has 3 fully saturated rings. The van der Waals surface area contributed by atoms with Gasteiger partial charge in [0.25, 0.3) is 0 Å². The lowest BCUT2D eigenvalue weighted by Crippen LogP contribution is -2.38. The van der Waals surface area contributed by atoms with E-state index in [0.717, 1.165) is 42.0 Å². The van der Waals surface area contributed by atoms with Gasteiger partial charge in [-0.15, -0.1) is 0 Å². The quantitative estimate of drug-likeness (QED) is 0.903. The summed E-state index contributed by atoms with van der Waals surface area (Å²) in [7, 11) is 1.74. The number of methoxy groups -OCH3 is 1. The molecule has 2 heteroatoms. The lowest BCUT2D eigenvalue weighted by Gasteiger charge is -2.32. The summed E-state index contributed by atoms with van der Waals surface area (Å²) in [4.78, 5) is 0. The third-order valence-electron chi connectivity index (χ3n) is 6.13. The average Bonchev–Trinajstić information content (AvgIpc) is 3.17. The van der Waals surface area contributed by atoms with Gasteiger partial charge in [-0.3, -0.25) is 0 Å². The van der Waals surface area contributed by atoms with Crippen molar-refractivity contribution in [1.82, 2.24) is 5.32 Å². The first-order chi connectivity index (χ1) is 9.85.